The summed E-state index contributed by atoms with van der Waals surface area (Å²) in [5, 5.41) is 0. The Labute approximate surface area is 113 Å². The highest BCUT2D eigenvalue weighted by molar-refractivity contribution is 8.01. The summed E-state index contributed by atoms with van der Waals surface area (Å²) in [4.78, 5) is 15.4. The number of aryl methyl sites for hydroxylation is 1. The quantitative estimate of drug-likeness (QED) is 0.586. The van der Waals surface area contributed by atoms with Crippen molar-refractivity contribution in [2.24, 2.45) is 0 Å². The fraction of sp³-hybridized carbons (Fsp3) is 0.571. The second-order valence-corrected chi connectivity index (χ2v) is 6.88. The number of aromatic nitrogens is 1. The number of pyridine rings is 1. The molecule has 0 aliphatic heterocycles. The summed E-state index contributed by atoms with van der Waals surface area (Å²) in [5.74, 6) is 0.309. The molecule has 1 rings (SSSR count). The zero-order valence-electron chi connectivity index (χ0n) is 11.3. The number of esters is 1. The largest absolute Gasteiger partial charge is 0.465 e. The summed E-state index contributed by atoms with van der Waals surface area (Å²) in [6.45, 7) is 6.77. The van der Waals surface area contributed by atoms with Crippen molar-refractivity contribution in [2.45, 2.75) is 38.4 Å². The molecule has 0 radical (unpaired) electrons. The maximum atomic E-state index is 11.4. The lowest BCUT2D eigenvalue weighted by Crippen LogP contribution is -2.15. The molecule has 0 saturated heterocycles. The number of nitrogens with zero attached hydrogens (tertiary/aromatic N) is 1. The van der Waals surface area contributed by atoms with Crippen LogP contribution in [0.4, 0.5) is 0 Å². The Morgan fingerprint density at radius 1 is 1.33 bits per heavy atom. The van der Waals surface area contributed by atoms with Gasteiger partial charge in [-0.1, -0.05) is 20.8 Å². The molecule has 0 bridgehead atoms. The highest BCUT2D eigenvalue weighted by atomic mass is 32.2. The van der Waals surface area contributed by atoms with Gasteiger partial charge >= 0.3 is 5.97 Å². The van der Waals surface area contributed by atoms with E-state index in [2.05, 4.69) is 25.8 Å². The molecule has 0 saturated carbocycles. The first-order valence-electron chi connectivity index (χ1n) is 6.16. The molecule has 100 valence electrons. The molecular formula is C14H21NO2S. The molecule has 0 N–H and O–H groups in total. The summed E-state index contributed by atoms with van der Waals surface area (Å²) < 4.78 is 5.29. The third kappa shape index (κ3) is 7.33. The van der Waals surface area contributed by atoms with Crippen LogP contribution < -0.4 is 0 Å². The standard InChI is InChI=1S/C14H21NO2S/c1-14(2,3)18-11-13(16)17-10-4-5-12-6-8-15-9-7-12/h6-9H,4-5,10-11H2,1-3H3. The predicted molar refractivity (Wildman–Crippen MR) is 75.7 cm³/mol. The topological polar surface area (TPSA) is 39.2 Å². The second kappa shape index (κ2) is 7.41. The number of hydrogen-bond donors (Lipinski definition) is 0. The van der Waals surface area contributed by atoms with E-state index in [1.807, 2.05) is 12.1 Å². The molecule has 18 heavy (non-hydrogen) atoms. The first-order valence-corrected chi connectivity index (χ1v) is 7.14. The molecule has 0 spiro atoms. The molecular weight excluding hydrogens is 246 g/mol. The van der Waals surface area contributed by atoms with Crippen molar-refractivity contribution in [1.29, 1.82) is 0 Å². The van der Waals surface area contributed by atoms with Gasteiger partial charge in [0.05, 0.1) is 12.4 Å². The van der Waals surface area contributed by atoms with E-state index in [-0.39, 0.29) is 10.7 Å². The minimum absolute atomic E-state index is 0.107. The normalized spacial score (nSPS) is 11.3. The van der Waals surface area contributed by atoms with Crippen LogP contribution in [0.5, 0.6) is 0 Å². The number of hydrogen-bond acceptors (Lipinski definition) is 4. The zero-order valence-corrected chi connectivity index (χ0v) is 12.1. The van der Waals surface area contributed by atoms with Crippen LogP contribution in [-0.2, 0) is 16.0 Å². The van der Waals surface area contributed by atoms with Crippen molar-refractivity contribution in [3.63, 3.8) is 0 Å². The fourth-order valence-corrected chi connectivity index (χ4v) is 1.96. The summed E-state index contributed by atoms with van der Waals surface area (Å²) in [7, 11) is 0. The van der Waals surface area contributed by atoms with E-state index >= 15 is 0 Å². The Morgan fingerprint density at radius 3 is 2.61 bits per heavy atom. The van der Waals surface area contributed by atoms with Crippen molar-refractivity contribution in [3.8, 4) is 0 Å². The molecule has 1 heterocycles. The van der Waals surface area contributed by atoms with Gasteiger partial charge in [0.1, 0.15) is 0 Å². The number of ether oxygens (including phenoxy) is 1. The number of thioether (sulfide) groups is 1. The van der Waals surface area contributed by atoms with Gasteiger partial charge in [0.2, 0.25) is 0 Å². The van der Waals surface area contributed by atoms with Crippen LogP contribution >= 0.6 is 11.8 Å². The van der Waals surface area contributed by atoms with Crippen LogP contribution in [0.3, 0.4) is 0 Å². The molecule has 4 heteroatoms. The molecule has 0 fully saturated rings. The summed E-state index contributed by atoms with van der Waals surface area (Å²) in [5.41, 5.74) is 1.23. The highest BCUT2D eigenvalue weighted by Gasteiger charge is 2.13. The third-order valence-electron chi connectivity index (χ3n) is 2.25. The minimum Gasteiger partial charge on any atom is -0.465 e. The minimum atomic E-state index is -0.121. The SMILES string of the molecule is CC(C)(C)SCC(=O)OCCCc1ccncc1. The van der Waals surface area contributed by atoms with E-state index in [1.54, 1.807) is 24.2 Å². The van der Waals surface area contributed by atoms with Crippen LogP contribution in [0.15, 0.2) is 24.5 Å². The van der Waals surface area contributed by atoms with Crippen LogP contribution in [-0.4, -0.2) is 28.1 Å². The lowest BCUT2D eigenvalue weighted by atomic mass is 10.1. The summed E-state index contributed by atoms with van der Waals surface area (Å²) >= 11 is 1.61. The van der Waals surface area contributed by atoms with Crippen LogP contribution in [0, 0.1) is 0 Å². The lowest BCUT2D eigenvalue weighted by Gasteiger charge is -2.16. The second-order valence-electron chi connectivity index (χ2n) is 5.08. The van der Waals surface area contributed by atoms with Gasteiger partial charge in [0, 0.05) is 17.1 Å². The van der Waals surface area contributed by atoms with Crippen molar-refractivity contribution < 1.29 is 9.53 Å². The van der Waals surface area contributed by atoms with E-state index in [1.165, 1.54) is 5.56 Å². The number of rotatable bonds is 6. The van der Waals surface area contributed by atoms with E-state index in [0.717, 1.165) is 12.8 Å². The maximum absolute atomic E-state index is 11.4. The van der Waals surface area contributed by atoms with E-state index in [9.17, 15) is 4.79 Å². The molecule has 1 aromatic heterocycles. The third-order valence-corrected chi connectivity index (χ3v) is 3.49. The molecule has 0 unspecified atom stereocenters. The Bertz CT molecular complexity index is 360. The maximum Gasteiger partial charge on any atom is 0.315 e. The van der Waals surface area contributed by atoms with Crippen LogP contribution in [0.1, 0.15) is 32.8 Å². The predicted octanol–water partition coefficient (Wildman–Crippen LogP) is 3.09. The Balaban J connectivity index is 2.09. The number of carbonyl (C=O) groups excluding carboxylic acids is 1. The van der Waals surface area contributed by atoms with Gasteiger partial charge in [-0.2, -0.15) is 0 Å². The summed E-state index contributed by atoms with van der Waals surface area (Å²) in [6.07, 6.45) is 5.33. The van der Waals surface area contributed by atoms with E-state index < -0.39 is 0 Å². The fourth-order valence-electron chi connectivity index (χ4n) is 1.33. The Kier molecular flexibility index (Phi) is 6.19. The van der Waals surface area contributed by atoms with Gasteiger partial charge in [-0.05, 0) is 30.5 Å². The van der Waals surface area contributed by atoms with E-state index in [4.69, 9.17) is 4.74 Å². The average molecular weight is 267 g/mol. The van der Waals surface area contributed by atoms with Crippen LogP contribution in [0.25, 0.3) is 0 Å². The van der Waals surface area contributed by atoms with Gasteiger partial charge in [0.15, 0.2) is 0 Å². The first kappa shape index (κ1) is 15.0. The monoisotopic (exact) mass is 267 g/mol. The van der Waals surface area contributed by atoms with Crippen molar-refractivity contribution in [3.05, 3.63) is 30.1 Å². The van der Waals surface area contributed by atoms with Gasteiger partial charge < -0.3 is 4.74 Å². The van der Waals surface area contributed by atoms with Gasteiger partial charge in [-0.25, -0.2) is 0 Å². The highest BCUT2D eigenvalue weighted by Crippen LogP contribution is 2.22. The molecule has 3 nitrogen and oxygen atoms in total. The van der Waals surface area contributed by atoms with E-state index in [0.29, 0.717) is 12.4 Å². The Morgan fingerprint density at radius 2 is 2.00 bits per heavy atom. The van der Waals surface area contributed by atoms with Gasteiger partial charge in [0.25, 0.3) is 0 Å². The zero-order chi connectivity index (χ0) is 13.4. The molecule has 0 aliphatic rings. The smallest absolute Gasteiger partial charge is 0.315 e. The molecule has 0 amide bonds. The molecule has 0 aliphatic carbocycles. The van der Waals surface area contributed by atoms with Crippen molar-refractivity contribution in [1.82, 2.24) is 4.98 Å². The van der Waals surface area contributed by atoms with Crippen molar-refractivity contribution >= 4 is 17.7 Å². The average Bonchev–Trinajstić information content (AvgIpc) is 2.33. The first-order chi connectivity index (χ1) is 8.47. The lowest BCUT2D eigenvalue weighted by molar-refractivity contribution is -0.140. The van der Waals surface area contributed by atoms with Gasteiger partial charge in [-0.3, -0.25) is 9.78 Å². The van der Waals surface area contributed by atoms with Crippen LogP contribution in [0.2, 0.25) is 0 Å². The Hall–Kier alpha value is -1.03. The van der Waals surface area contributed by atoms with Crippen molar-refractivity contribution in [2.75, 3.05) is 12.4 Å². The van der Waals surface area contributed by atoms with Gasteiger partial charge in [-0.15, -0.1) is 11.8 Å². The molecule has 1 aromatic rings. The molecule has 0 atom stereocenters. The summed E-state index contributed by atoms with van der Waals surface area (Å²) in [6, 6.07) is 3.97. The number of carbonyl (C=O) groups is 1. The molecule has 0 aromatic carbocycles.